The molecule has 0 atom stereocenters. The number of halogens is 1. The van der Waals surface area contributed by atoms with Crippen LogP contribution in [-0.4, -0.2) is 11.5 Å². The third-order valence-corrected chi connectivity index (χ3v) is 4.95. The average molecular weight is 428 g/mol. The van der Waals surface area contributed by atoms with Crippen LogP contribution < -0.4 is 21.5 Å². The zero-order valence-corrected chi connectivity index (χ0v) is 16.8. The van der Waals surface area contributed by atoms with Gasteiger partial charge in [-0.25, -0.2) is 0 Å². The SMILES string of the molecule is Cc1cc(Br)cnc1CCCCNc1c(NCc2ccccc2)c(=O)c1=O. The van der Waals surface area contributed by atoms with E-state index < -0.39 is 10.9 Å². The van der Waals surface area contributed by atoms with Gasteiger partial charge in [-0.3, -0.25) is 14.6 Å². The van der Waals surface area contributed by atoms with E-state index >= 15 is 0 Å². The Morgan fingerprint density at radius 3 is 2.41 bits per heavy atom. The topological polar surface area (TPSA) is 71.1 Å². The van der Waals surface area contributed by atoms with Gasteiger partial charge in [0.1, 0.15) is 11.4 Å². The summed E-state index contributed by atoms with van der Waals surface area (Å²) in [6.07, 6.45) is 4.57. The maximum absolute atomic E-state index is 11.8. The van der Waals surface area contributed by atoms with Crippen molar-refractivity contribution in [2.75, 3.05) is 17.2 Å². The minimum absolute atomic E-state index is 0.397. The van der Waals surface area contributed by atoms with Gasteiger partial charge in [-0.15, -0.1) is 0 Å². The van der Waals surface area contributed by atoms with Crippen LogP contribution in [0.25, 0.3) is 0 Å². The van der Waals surface area contributed by atoms with E-state index in [2.05, 4.69) is 44.5 Å². The van der Waals surface area contributed by atoms with Crippen molar-refractivity contribution in [1.82, 2.24) is 4.98 Å². The van der Waals surface area contributed by atoms with Crippen LogP contribution in [0.3, 0.4) is 0 Å². The maximum atomic E-state index is 11.8. The van der Waals surface area contributed by atoms with E-state index in [9.17, 15) is 9.59 Å². The summed E-state index contributed by atoms with van der Waals surface area (Å²) in [5.41, 5.74) is 3.26. The molecule has 0 aliphatic rings. The minimum Gasteiger partial charge on any atom is -0.380 e. The van der Waals surface area contributed by atoms with Crippen LogP contribution in [0, 0.1) is 6.92 Å². The summed E-state index contributed by atoms with van der Waals surface area (Å²) in [6.45, 7) is 3.23. The number of unbranched alkanes of at least 4 members (excludes halogenated alkanes) is 1. The molecule has 0 saturated carbocycles. The largest absolute Gasteiger partial charge is 0.380 e. The van der Waals surface area contributed by atoms with Gasteiger partial charge in [0.05, 0.1) is 0 Å². The van der Waals surface area contributed by atoms with E-state index in [1.54, 1.807) is 0 Å². The third kappa shape index (κ3) is 4.83. The fourth-order valence-electron chi connectivity index (χ4n) is 2.98. The number of pyridine rings is 1. The van der Waals surface area contributed by atoms with Crippen molar-refractivity contribution >= 4 is 27.3 Å². The highest BCUT2D eigenvalue weighted by molar-refractivity contribution is 9.10. The summed E-state index contributed by atoms with van der Waals surface area (Å²) in [5, 5.41) is 6.19. The van der Waals surface area contributed by atoms with Crippen LogP contribution in [-0.2, 0) is 13.0 Å². The van der Waals surface area contributed by atoms with Gasteiger partial charge < -0.3 is 10.6 Å². The summed E-state index contributed by atoms with van der Waals surface area (Å²) in [7, 11) is 0. The van der Waals surface area contributed by atoms with Gasteiger partial charge in [0.15, 0.2) is 0 Å². The van der Waals surface area contributed by atoms with E-state index in [4.69, 9.17) is 0 Å². The zero-order valence-electron chi connectivity index (χ0n) is 15.2. The first-order chi connectivity index (χ1) is 13.1. The Balaban J connectivity index is 1.46. The molecule has 3 aromatic rings. The Kier molecular flexibility index (Phi) is 6.40. The highest BCUT2D eigenvalue weighted by Gasteiger charge is 2.19. The Morgan fingerprint density at radius 1 is 1.00 bits per heavy atom. The van der Waals surface area contributed by atoms with Crippen LogP contribution in [0.1, 0.15) is 29.7 Å². The summed E-state index contributed by atoms with van der Waals surface area (Å²) >= 11 is 3.42. The number of benzene rings is 1. The number of hydrogen-bond donors (Lipinski definition) is 2. The van der Waals surface area contributed by atoms with E-state index in [-0.39, 0.29) is 0 Å². The molecule has 0 aliphatic carbocycles. The second-order valence-electron chi connectivity index (χ2n) is 6.55. The number of aromatic nitrogens is 1. The maximum Gasteiger partial charge on any atom is 0.253 e. The molecule has 0 unspecified atom stereocenters. The molecule has 2 N–H and O–H groups in total. The van der Waals surface area contributed by atoms with E-state index in [1.807, 2.05) is 36.5 Å². The number of anilines is 2. The molecule has 27 heavy (non-hydrogen) atoms. The first-order valence-corrected chi connectivity index (χ1v) is 9.81. The van der Waals surface area contributed by atoms with Crippen molar-refractivity contribution in [2.24, 2.45) is 0 Å². The number of nitrogens with one attached hydrogen (secondary N) is 2. The zero-order chi connectivity index (χ0) is 19.2. The first kappa shape index (κ1) is 19.3. The predicted molar refractivity (Wildman–Crippen MR) is 113 cm³/mol. The van der Waals surface area contributed by atoms with Gasteiger partial charge >= 0.3 is 0 Å². The molecule has 0 radical (unpaired) electrons. The highest BCUT2D eigenvalue weighted by Crippen LogP contribution is 2.17. The molecule has 0 spiro atoms. The van der Waals surface area contributed by atoms with Crippen LogP contribution in [0.5, 0.6) is 0 Å². The molecule has 0 fully saturated rings. The lowest BCUT2D eigenvalue weighted by Gasteiger charge is -2.15. The molecular formula is C21H22BrN3O2. The second-order valence-corrected chi connectivity index (χ2v) is 7.46. The van der Waals surface area contributed by atoms with Gasteiger partial charge in [-0.2, -0.15) is 0 Å². The lowest BCUT2D eigenvalue weighted by Crippen LogP contribution is -2.37. The third-order valence-electron chi connectivity index (χ3n) is 4.52. The number of aryl methyl sites for hydroxylation is 2. The van der Waals surface area contributed by atoms with Crippen LogP contribution in [0.15, 0.2) is 56.7 Å². The van der Waals surface area contributed by atoms with Crippen LogP contribution in [0.4, 0.5) is 11.4 Å². The number of hydrogen-bond acceptors (Lipinski definition) is 5. The Bertz CT molecular complexity index is 979. The lowest BCUT2D eigenvalue weighted by molar-refractivity contribution is 0.744. The van der Waals surface area contributed by atoms with Crippen molar-refractivity contribution in [3.63, 3.8) is 0 Å². The molecule has 0 bridgehead atoms. The molecular weight excluding hydrogens is 406 g/mol. The molecule has 140 valence electrons. The summed E-state index contributed by atoms with van der Waals surface area (Å²) in [6, 6.07) is 11.8. The summed E-state index contributed by atoms with van der Waals surface area (Å²) < 4.78 is 0.987. The minimum atomic E-state index is -0.442. The molecule has 5 nitrogen and oxygen atoms in total. The molecule has 3 rings (SSSR count). The molecule has 0 saturated heterocycles. The van der Waals surface area contributed by atoms with Gasteiger partial charge in [-0.05, 0) is 59.3 Å². The van der Waals surface area contributed by atoms with E-state index in [1.165, 1.54) is 5.56 Å². The van der Waals surface area contributed by atoms with E-state index in [0.29, 0.717) is 24.5 Å². The number of rotatable bonds is 9. The van der Waals surface area contributed by atoms with Gasteiger partial charge in [0.2, 0.25) is 0 Å². The summed E-state index contributed by atoms with van der Waals surface area (Å²) in [5.74, 6) is 0. The lowest BCUT2D eigenvalue weighted by atomic mass is 10.1. The van der Waals surface area contributed by atoms with Crippen molar-refractivity contribution in [3.8, 4) is 0 Å². The molecule has 1 aromatic heterocycles. The van der Waals surface area contributed by atoms with E-state index in [0.717, 1.165) is 35.0 Å². The molecule has 0 aliphatic heterocycles. The van der Waals surface area contributed by atoms with Gasteiger partial charge in [0.25, 0.3) is 10.9 Å². The fourth-order valence-corrected chi connectivity index (χ4v) is 3.42. The average Bonchev–Trinajstić information content (AvgIpc) is 2.68. The molecule has 0 amide bonds. The Morgan fingerprint density at radius 2 is 1.70 bits per heavy atom. The normalized spacial score (nSPS) is 10.9. The second kappa shape index (κ2) is 8.95. The summed E-state index contributed by atoms with van der Waals surface area (Å²) in [4.78, 5) is 28.1. The van der Waals surface area contributed by atoms with Gasteiger partial charge in [0, 0.05) is 29.5 Å². The number of nitrogens with zero attached hydrogens (tertiary/aromatic N) is 1. The highest BCUT2D eigenvalue weighted by atomic mass is 79.9. The fraction of sp³-hybridized carbons (Fsp3) is 0.286. The molecule has 2 aromatic carbocycles. The molecule has 6 heteroatoms. The van der Waals surface area contributed by atoms with Gasteiger partial charge in [-0.1, -0.05) is 30.3 Å². The van der Waals surface area contributed by atoms with Crippen molar-refractivity contribution in [1.29, 1.82) is 0 Å². The molecule has 1 heterocycles. The van der Waals surface area contributed by atoms with Crippen LogP contribution >= 0.6 is 15.9 Å². The van der Waals surface area contributed by atoms with Crippen molar-refractivity contribution < 1.29 is 0 Å². The van der Waals surface area contributed by atoms with Crippen molar-refractivity contribution in [2.45, 2.75) is 32.7 Å². The standard InChI is InChI=1S/C21H22BrN3O2/c1-14-11-16(22)13-24-17(14)9-5-6-10-23-18-19(21(27)20(18)26)25-12-15-7-3-2-4-8-15/h2-4,7-8,11,13,23,25H,5-6,9-10,12H2,1H3. The monoisotopic (exact) mass is 427 g/mol. The van der Waals surface area contributed by atoms with Crippen molar-refractivity contribution in [3.05, 3.63) is 84.3 Å². The first-order valence-electron chi connectivity index (χ1n) is 9.02. The van der Waals surface area contributed by atoms with Crippen LogP contribution in [0.2, 0.25) is 0 Å². The quantitative estimate of drug-likeness (QED) is 0.401. The smallest absolute Gasteiger partial charge is 0.253 e. The predicted octanol–water partition coefficient (Wildman–Crippen LogP) is 3.80. The Labute approximate surface area is 166 Å². The Hall–Kier alpha value is -2.47.